The zero-order valence-electron chi connectivity index (χ0n) is 19.3. The number of aliphatic hydroxyl groups is 1. The first-order chi connectivity index (χ1) is 16.4. The van der Waals surface area contributed by atoms with Crippen LogP contribution in [0, 0.1) is 0 Å². The lowest BCUT2D eigenvalue weighted by atomic mass is 9.72. The van der Waals surface area contributed by atoms with E-state index in [9.17, 15) is 24.9 Å². The van der Waals surface area contributed by atoms with Crippen molar-refractivity contribution in [2.24, 2.45) is 0 Å². The smallest absolute Gasteiger partial charge is 0.303 e. The number of aliphatic hydroxyl groups excluding tert-OH is 1. The van der Waals surface area contributed by atoms with Crippen molar-refractivity contribution in [3.05, 3.63) is 95.8 Å². The molecule has 0 bridgehead atoms. The molecule has 0 aromatic heterocycles. The maximum atomic E-state index is 10.8. The molecule has 0 saturated heterocycles. The van der Waals surface area contributed by atoms with Crippen LogP contribution < -0.4 is 0 Å². The van der Waals surface area contributed by atoms with Gasteiger partial charge in [0.2, 0.25) is 0 Å². The number of rotatable bonds is 5. The lowest BCUT2D eigenvalue weighted by Gasteiger charge is -2.46. The van der Waals surface area contributed by atoms with E-state index >= 15 is 0 Å². The summed E-state index contributed by atoms with van der Waals surface area (Å²) in [5, 5.41) is 45.5. The van der Waals surface area contributed by atoms with Crippen molar-refractivity contribution in [2.45, 2.75) is 35.3 Å². The summed E-state index contributed by atoms with van der Waals surface area (Å²) in [5.41, 5.74) is 2.40. The molecule has 0 fully saturated rings. The summed E-state index contributed by atoms with van der Waals surface area (Å²) < 4.78 is -1.92. The first-order valence-electron chi connectivity index (χ1n) is 10.5. The molecular formula is C26H28Br2O7. The highest BCUT2D eigenvalue weighted by Gasteiger charge is 2.56. The average molecular weight is 612 g/mol. The van der Waals surface area contributed by atoms with Crippen molar-refractivity contribution in [3.63, 3.8) is 0 Å². The van der Waals surface area contributed by atoms with Crippen LogP contribution >= 0.6 is 31.9 Å². The summed E-state index contributed by atoms with van der Waals surface area (Å²) >= 11 is 7.60. The van der Waals surface area contributed by atoms with Gasteiger partial charge < -0.3 is 25.5 Å². The second-order valence-corrected chi connectivity index (χ2v) is 9.66. The lowest BCUT2D eigenvalue weighted by molar-refractivity contribution is -0.137. The minimum Gasteiger partial charge on any atom is -0.510 e. The highest BCUT2D eigenvalue weighted by molar-refractivity contribution is 9.12. The SMILES string of the molecule is C=CC1=CC=C(O)C(Br)(c2ccc(O)cc2)C1(Br)c1ccc(O)cc1.CCC(=O)O.CCC(=O)O. The molecule has 2 aromatic carbocycles. The minimum absolute atomic E-state index is 0.105. The van der Waals surface area contributed by atoms with Crippen molar-refractivity contribution in [1.82, 2.24) is 0 Å². The fourth-order valence-corrected chi connectivity index (χ4v) is 4.92. The Morgan fingerprint density at radius 2 is 1.11 bits per heavy atom. The highest BCUT2D eigenvalue weighted by Crippen LogP contribution is 2.62. The summed E-state index contributed by atoms with van der Waals surface area (Å²) in [7, 11) is 0. The third kappa shape index (κ3) is 6.99. The van der Waals surface area contributed by atoms with E-state index in [2.05, 4.69) is 38.4 Å². The van der Waals surface area contributed by atoms with Crippen LogP contribution in [0.5, 0.6) is 11.5 Å². The molecule has 188 valence electrons. The number of hydrogen-bond donors (Lipinski definition) is 5. The van der Waals surface area contributed by atoms with E-state index in [-0.39, 0.29) is 30.1 Å². The molecule has 3 rings (SSSR count). The monoisotopic (exact) mass is 610 g/mol. The molecule has 0 amide bonds. The fraction of sp³-hybridized carbons (Fsp3) is 0.231. The van der Waals surface area contributed by atoms with Gasteiger partial charge in [-0.3, -0.25) is 9.59 Å². The Labute approximate surface area is 221 Å². The van der Waals surface area contributed by atoms with Crippen LogP contribution in [0.4, 0.5) is 0 Å². The van der Waals surface area contributed by atoms with Crippen LogP contribution in [-0.4, -0.2) is 37.5 Å². The Morgan fingerprint density at radius 3 is 1.43 bits per heavy atom. The molecule has 1 aliphatic carbocycles. The molecule has 9 heteroatoms. The van der Waals surface area contributed by atoms with E-state index in [1.54, 1.807) is 80.6 Å². The molecule has 0 radical (unpaired) electrons. The predicted octanol–water partition coefficient (Wildman–Crippen LogP) is 6.51. The number of carboxylic acids is 2. The summed E-state index contributed by atoms with van der Waals surface area (Å²) in [6.07, 6.45) is 5.59. The van der Waals surface area contributed by atoms with Crippen molar-refractivity contribution < 1.29 is 35.1 Å². The maximum absolute atomic E-state index is 10.8. The normalized spacial score (nSPS) is 20.6. The molecule has 35 heavy (non-hydrogen) atoms. The molecule has 0 aliphatic heterocycles. The van der Waals surface area contributed by atoms with Gasteiger partial charge in [-0.2, -0.15) is 0 Å². The number of phenols is 2. The number of benzene rings is 2. The van der Waals surface area contributed by atoms with Crippen LogP contribution in [0.25, 0.3) is 0 Å². The van der Waals surface area contributed by atoms with Gasteiger partial charge in [0.15, 0.2) is 0 Å². The molecule has 1 aliphatic rings. The Morgan fingerprint density at radius 1 is 0.771 bits per heavy atom. The number of halogens is 2. The Bertz CT molecular complexity index is 1080. The van der Waals surface area contributed by atoms with E-state index in [1.807, 2.05) is 0 Å². The van der Waals surface area contributed by atoms with Gasteiger partial charge in [0, 0.05) is 12.8 Å². The van der Waals surface area contributed by atoms with Crippen LogP contribution in [0.15, 0.2) is 84.7 Å². The van der Waals surface area contributed by atoms with E-state index in [4.69, 9.17) is 10.2 Å². The van der Waals surface area contributed by atoms with Gasteiger partial charge in [-0.25, -0.2) is 0 Å². The van der Waals surface area contributed by atoms with E-state index in [0.29, 0.717) is 0 Å². The van der Waals surface area contributed by atoms with Gasteiger partial charge >= 0.3 is 11.9 Å². The van der Waals surface area contributed by atoms with Crippen LogP contribution in [-0.2, 0) is 18.2 Å². The van der Waals surface area contributed by atoms with Gasteiger partial charge in [-0.1, -0.05) is 88.7 Å². The molecule has 2 unspecified atom stereocenters. The fourth-order valence-electron chi connectivity index (χ4n) is 3.08. The lowest BCUT2D eigenvalue weighted by Crippen LogP contribution is -2.44. The number of aromatic hydroxyl groups is 2. The number of aliphatic carboxylic acids is 2. The van der Waals surface area contributed by atoms with Crippen molar-refractivity contribution in [2.75, 3.05) is 0 Å². The molecular weight excluding hydrogens is 584 g/mol. The quantitative estimate of drug-likeness (QED) is 0.243. The Kier molecular flexibility index (Phi) is 11.3. The topological polar surface area (TPSA) is 135 Å². The molecule has 0 heterocycles. The summed E-state index contributed by atoms with van der Waals surface area (Å²) in [6, 6.07) is 13.4. The molecule has 0 saturated carbocycles. The van der Waals surface area contributed by atoms with Crippen molar-refractivity contribution >= 4 is 43.8 Å². The minimum atomic E-state index is -1.04. The molecule has 0 spiro atoms. The van der Waals surface area contributed by atoms with Gasteiger partial charge in [0.05, 0.1) is 0 Å². The van der Waals surface area contributed by atoms with E-state index in [1.165, 1.54) is 0 Å². The third-order valence-corrected chi connectivity index (χ3v) is 8.50. The van der Waals surface area contributed by atoms with Crippen molar-refractivity contribution in [3.8, 4) is 11.5 Å². The third-order valence-electron chi connectivity index (χ3n) is 5.00. The van der Waals surface area contributed by atoms with Gasteiger partial charge in [0.25, 0.3) is 0 Å². The molecule has 7 nitrogen and oxygen atoms in total. The van der Waals surface area contributed by atoms with Gasteiger partial charge in [0.1, 0.15) is 25.9 Å². The maximum Gasteiger partial charge on any atom is 0.303 e. The predicted molar refractivity (Wildman–Crippen MR) is 142 cm³/mol. The number of carbonyl (C=O) groups is 2. The molecule has 2 aromatic rings. The zero-order chi connectivity index (χ0) is 26.8. The van der Waals surface area contributed by atoms with Gasteiger partial charge in [-0.05, 0) is 47.0 Å². The standard InChI is InChI=1S/C20H16Br2O3.2C3H6O2/c1-2-13-7-12-18(25)20(22,15-5-10-17(24)11-6-15)19(13,21)14-3-8-16(23)9-4-14;2*1-2-3(4)5/h2-12,23-25H,1H2;2*2H2,1H3,(H,4,5). The van der Waals surface area contributed by atoms with E-state index in [0.717, 1.165) is 16.7 Å². The number of phenolic OH excluding ortho intramolecular Hbond substituents is 2. The average Bonchev–Trinajstić information content (AvgIpc) is 2.84. The number of alkyl halides is 2. The molecule has 5 N–H and O–H groups in total. The van der Waals surface area contributed by atoms with Crippen LogP contribution in [0.1, 0.15) is 37.8 Å². The second-order valence-electron chi connectivity index (χ2n) is 7.28. The van der Waals surface area contributed by atoms with Crippen LogP contribution in [0.2, 0.25) is 0 Å². The van der Waals surface area contributed by atoms with Crippen molar-refractivity contribution in [1.29, 1.82) is 0 Å². The second kappa shape index (κ2) is 13.2. The highest BCUT2D eigenvalue weighted by atomic mass is 79.9. The Balaban J connectivity index is 0.000000519. The zero-order valence-corrected chi connectivity index (χ0v) is 22.5. The summed E-state index contributed by atoms with van der Waals surface area (Å²) in [6.45, 7) is 7.10. The molecule has 2 atom stereocenters. The first-order valence-corrected chi connectivity index (χ1v) is 12.1. The van der Waals surface area contributed by atoms with Gasteiger partial charge in [-0.15, -0.1) is 0 Å². The Hall–Kier alpha value is -3.04. The number of allylic oxidation sites excluding steroid dienone is 5. The number of carboxylic acid groups (broad SMARTS) is 2. The van der Waals surface area contributed by atoms with E-state index < -0.39 is 20.6 Å². The first kappa shape index (κ1) is 30.0. The summed E-state index contributed by atoms with van der Waals surface area (Å²) in [5.74, 6) is -1.09. The largest absolute Gasteiger partial charge is 0.510 e. The van der Waals surface area contributed by atoms with Crippen LogP contribution in [0.3, 0.4) is 0 Å². The summed E-state index contributed by atoms with van der Waals surface area (Å²) in [4.78, 5) is 18.7. The number of hydrogen-bond acceptors (Lipinski definition) is 5.